The number of fused-ring (bicyclic) bond motifs is 9. The van der Waals surface area contributed by atoms with Crippen molar-refractivity contribution in [2.45, 2.75) is 0 Å². The maximum absolute atomic E-state index is 2.44. The molecule has 13 rings (SSSR count). The fourth-order valence-electron chi connectivity index (χ4n) is 10.4. The molecule has 0 fully saturated rings. The van der Waals surface area contributed by atoms with Crippen molar-refractivity contribution >= 4 is 82.0 Å². The molecule has 0 saturated heterocycles. The SMILES string of the molecule is c1ccc(-c2ccc(N(c3ccc(-c4ccc5c(ccc6ccccc65)c4)cc3)c3cccc(-c4cccc5c4c4ccccc4n5-c4ccc5c(ccc6ccccc65)c4)c3)cc2)cc1. The van der Waals surface area contributed by atoms with Crippen LogP contribution in [0.1, 0.15) is 0 Å². The third-order valence-corrected chi connectivity index (χ3v) is 13.5. The number of benzene rings is 12. The van der Waals surface area contributed by atoms with Crippen LogP contribution in [0.5, 0.6) is 0 Å². The normalized spacial score (nSPS) is 11.6. The summed E-state index contributed by atoms with van der Waals surface area (Å²) in [5, 5.41) is 12.6. The number of rotatable bonds is 7. The number of hydrogen-bond acceptors (Lipinski definition) is 1. The van der Waals surface area contributed by atoms with Gasteiger partial charge in [-0.25, -0.2) is 0 Å². The van der Waals surface area contributed by atoms with Gasteiger partial charge in [0.2, 0.25) is 0 Å². The summed E-state index contributed by atoms with van der Waals surface area (Å²) < 4.78 is 2.44. The molecule has 0 spiro atoms. The van der Waals surface area contributed by atoms with Crippen LogP contribution in [-0.2, 0) is 0 Å². The van der Waals surface area contributed by atoms with E-state index in [1.807, 2.05) is 0 Å². The van der Waals surface area contributed by atoms with Crippen LogP contribution in [0, 0.1) is 0 Å². The molecule has 0 saturated carbocycles. The lowest BCUT2D eigenvalue weighted by atomic mass is 9.97. The number of para-hydroxylation sites is 1. The average Bonchev–Trinajstić information content (AvgIpc) is 3.74. The summed E-state index contributed by atoms with van der Waals surface area (Å²) in [4.78, 5) is 2.39. The predicted molar refractivity (Wildman–Crippen MR) is 282 cm³/mol. The Kier molecular flexibility index (Phi) is 8.89. The second-order valence-electron chi connectivity index (χ2n) is 17.3. The van der Waals surface area contributed by atoms with Crippen LogP contribution >= 0.6 is 0 Å². The number of anilines is 3. The molecule has 2 heteroatoms. The topological polar surface area (TPSA) is 8.17 Å². The van der Waals surface area contributed by atoms with Gasteiger partial charge in [0, 0.05) is 33.5 Å². The summed E-state index contributed by atoms with van der Waals surface area (Å²) >= 11 is 0. The van der Waals surface area contributed by atoms with Crippen molar-refractivity contribution in [3.8, 4) is 39.1 Å². The van der Waals surface area contributed by atoms with E-state index in [0.29, 0.717) is 0 Å². The van der Waals surface area contributed by atoms with Crippen molar-refractivity contribution in [3.05, 3.63) is 255 Å². The molecule has 1 heterocycles. The zero-order valence-corrected chi connectivity index (χ0v) is 36.1. The summed E-state index contributed by atoms with van der Waals surface area (Å²) in [6.07, 6.45) is 0. The van der Waals surface area contributed by atoms with E-state index in [1.54, 1.807) is 0 Å². The Bertz CT molecular complexity index is 3970. The van der Waals surface area contributed by atoms with Gasteiger partial charge in [0.15, 0.2) is 0 Å². The first kappa shape index (κ1) is 37.8. The van der Waals surface area contributed by atoms with E-state index in [2.05, 4.69) is 264 Å². The molecule has 308 valence electrons. The fourth-order valence-corrected chi connectivity index (χ4v) is 10.4. The summed E-state index contributed by atoms with van der Waals surface area (Å²) in [7, 11) is 0. The molecule has 1 aromatic heterocycles. The van der Waals surface area contributed by atoms with Crippen molar-refractivity contribution < 1.29 is 0 Å². The summed E-state index contributed by atoms with van der Waals surface area (Å²) in [6, 6.07) is 93.3. The van der Waals surface area contributed by atoms with Gasteiger partial charge in [-0.05, 0) is 143 Å². The maximum Gasteiger partial charge on any atom is 0.0547 e. The third-order valence-electron chi connectivity index (χ3n) is 13.5. The van der Waals surface area contributed by atoms with Crippen LogP contribution in [0.3, 0.4) is 0 Å². The summed E-state index contributed by atoms with van der Waals surface area (Å²) in [5.74, 6) is 0. The molecular formula is C64H42N2. The lowest BCUT2D eigenvalue weighted by Gasteiger charge is -2.26. The minimum Gasteiger partial charge on any atom is -0.310 e. The second kappa shape index (κ2) is 15.5. The van der Waals surface area contributed by atoms with Gasteiger partial charge in [0.05, 0.1) is 11.0 Å². The smallest absolute Gasteiger partial charge is 0.0547 e. The molecule has 66 heavy (non-hydrogen) atoms. The molecule has 13 aromatic rings. The van der Waals surface area contributed by atoms with E-state index in [1.165, 1.54) is 92.7 Å². The molecule has 0 unspecified atom stereocenters. The highest BCUT2D eigenvalue weighted by Crippen LogP contribution is 2.43. The van der Waals surface area contributed by atoms with Crippen LogP contribution in [0.15, 0.2) is 255 Å². The van der Waals surface area contributed by atoms with Gasteiger partial charge in [-0.2, -0.15) is 0 Å². The summed E-state index contributed by atoms with van der Waals surface area (Å²) in [5.41, 5.74) is 14.0. The first-order chi connectivity index (χ1) is 32.7. The number of aromatic nitrogens is 1. The van der Waals surface area contributed by atoms with Gasteiger partial charge in [-0.1, -0.05) is 188 Å². The lowest BCUT2D eigenvalue weighted by Crippen LogP contribution is -2.10. The Morgan fingerprint density at radius 3 is 1.47 bits per heavy atom. The molecule has 0 atom stereocenters. The Labute approximate surface area is 383 Å². The first-order valence-corrected chi connectivity index (χ1v) is 22.7. The molecule has 12 aromatic carbocycles. The van der Waals surface area contributed by atoms with Gasteiger partial charge in [-0.15, -0.1) is 0 Å². The van der Waals surface area contributed by atoms with Crippen LogP contribution in [0.25, 0.3) is 104 Å². The molecule has 0 aliphatic carbocycles. The van der Waals surface area contributed by atoms with E-state index >= 15 is 0 Å². The minimum absolute atomic E-state index is 1.09. The Morgan fingerprint density at radius 2 is 0.758 bits per heavy atom. The monoisotopic (exact) mass is 838 g/mol. The highest BCUT2D eigenvalue weighted by atomic mass is 15.1. The average molecular weight is 839 g/mol. The van der Waals surface area contributed by atoms with E-state index in [9.17, 15) is 0 Å². The van der Waals surface area contributed by atoms with Gasteiger partial charge >= 0.3 is 0 Å². The zero-order chi connectivity index (χ0) is 43.6. The molecule has 0 aliphatic heterocycles. The minimum atomic E-state index is 1.09. The Hall–Kier alpha value is -8.72. The third kappa shape index (κ3) is 6.34. The summed E-state index contributed by atoms with van der Waals surface area (Å²) in [6.45, 7) is 0. The quantitative estimate of drug-likeness (QED) is 0.145. The van der Waals surface area contributed by atoms with Crippen molar-refractivity contribution in [1.29, 1.82) is 0 Å². The van der Waals surface area contributed by atoms with Crippen molar-refractivity contribution in [2.75, 3.05) is 4.90 Å². The van der Waals surface area contributed by atoms with Crippen molar-refractivity contribution in [3.63, 3.8) is 0 Å². The Balaban J connectivity index is 0.927. The predicted octanol–water partition coefficient (Wildman–Crippen LogP) is 17.9. The maximum atomic E-state index is 2.44. The first-order valence-electron chi connectivity index (χ1n) is 22.7. The van der Waals surface area contributed by atoms with Crippen LogP contribution in [-0.4, -0.2) is 4.57 Å². The number of nitrogens with zero attached hydrogens (tertiary/aromatic N) is 2. The van der Waals surface area contributed by atoms with Gasteiger partial charge in [-0.3, -0.25) is 0 Å². The molecule has 0 amide bonds. The highest BCUT2D eigenvalue weighted by Gasteiger charge is 2.19. The molecule has 2 nitrogen and oxygen atoms in total. The van der Waals surface area contributed by atoms with Gasteiger partial charge < -0.3 is 9.47 Å². The molecular weight excluding hydrogens is 797 g/mol. The van der Waals surface area contributed by atoms with Crippen molar-refractivity contribution in [2.24, 2.45) is 0 Å². The van der Waals surface area contributed by atoms with Crippen LogP contribution in [0.2, 0.25) is 0 Å². The van der Waals surface area contributed by atoms with E-state index in [4.69, 9.17) is 0 Å². The number of hydrogen-bond donors (Lipinski definition) is 0. The van der Waals surface area contributed by atoms with E-state index in [-0.39, 0.29) is 0 Å². The Morgan fingerprint density at radius 1 is 0.258 bits per heavy atom. The van der Waals surface area contributed by atoms with E-state index in [0.717, 1.165) is 28.3 Å². The van der Waals surface area contributed by atoms with Crippen LogP contribution in [0.4, 0.5) is 17.1 Å². The molecule has 0 radical (unpaired) electrons. The zero-order valence-electron chi connectivity index (χ0n) is 36.1. The standard InChI is InChI=1S/C64H42N2/c1-2-12-43(13-3-1)44-28-33-52(34-29-44)65(53-35-30-45(31-36-53)48-32-38-58-50(40-48)26-24-46-14-4-6-18-56(46)58)54-17-10-16-49(41-54)60-21-11-23-63-64(60)61-20-8-9-22-62(61)66(63)55-37-39-59-51(42-55)27-25-47-15-5-7-19-57(47)59/h1-42H. The lowest BCUT2D eigenvalue weighted by molar-refractivity contribution is 1.19. The largest absolute Gasteiger partial charge is 0.310 e. The highest BCUT2D eigenvalue weighted by molar-refractivity contribution is 6.16. The van der Waals surface area contributed by atoms with Gasteiger partial charge in [0.1, 0.15) is 0 Å². The van der Waals surface area contributed by atoms with Crippen molar-refractivity contribution in [1.82, 2.24) is 4.57 Å². The van der Waals surface area contributed by atoms with Gasteiger partial charge in [0.25, 0.3) is 0 Å². The molecule has 0 bridgehead atoms. The fraction of sp³-hybridized carbons (Fsp3) is 0. The molecule has 0 aliphatic rings. The van der Waals surface area contributed by atoms with E-state index < -0.39 is 0 Å². The second-order valence-corrected chi connectivity index (χ2v) is 17.3. The molecule has 0 N–H and O–H groups in total. The van der Waals surface area contributed by atoms with Crippen LogP contribution < -0.4 is 4.90 Å².